The van der Waals surface area contributed by atoms with Crippen molar-refractivity contribution in [1.82, 2.24) is 19.5 Å². The van der Waals surface area contributed by atoms with Crippen LogP contribution in [0.25, 0.3) is 0 Å². The molecule has 0 saturated heterocycles. The molecule has 0 aliphatic heterocycles. The van der Waals surface area contributed by atoms with Crippen molar-refractivity contribution < 1.29 is 0 Å². The van der Waals surface area contributed by atoms with Crippen molar-refractivity contribution in [3.8, 4) is 0 Å². The van der Waals surface area contributed by atoms with Crippen molar-refractivity contribution in [2.45, 2.75) is 46.6 Å². The van der Waals surface area contributed by atoms with E-state index in [9.17, 15) is 0 Å². The Morgan fingerprint density at radius 2 is 2.05 bits per heavy atom. The summed E-state index contributed by atoms with van der Waals surface area (Å²) in [7, 11) is 0. The zero-order chi connectivity index (χ0) is 14.4. The van der Waals surface area contributed by atoms with E-state index in [4.69, 9.17) is 0 Å². The van der Waals surface area contributed by atoms with Gasteiger partial charge in [0.15, 0.2) is 0 Å². The molecule has 5 nitrogen and oxygen atoms in total. The second-order valence-corrected chi connectivity index (χ2v) is 4.95. The number of imidazole rings is 1. The number of hydrogen-bond donors (Lipinski definition) is 1. The van der Waals surface area contributed by atoms with Gasteiger partial charge < -0.3 is 9.88 Å². The van der Waals surface area contributed by atoms with E-state index in [1.54, 1.807) is 0 Å². The predicted molar refractivity (Wildman–Crippen MR) is 80.8 cm³/mol. The van der Waals surface area contributed by atoms with Crippen LogP contribution in [0, 0.1) is 13.8 Å². The molecule has 0 fully saturated rings. The van der Waals surface area contributed by atoms with Crippen LogP contribution in [0.3, 0.4) is 0 Å². The second-order valence-electron chi connectivity index (χ2n) is 4.95. The van der Waals surface area contributed by atoms with E-state index < -0.39 is 0 Å². The Bertz CT molecular complexity index is 547. The van der Waals surface area contributed by atoms with Gasteiger partial charge in [-0.1, -0.05) is 6.92 Å². The fraction of sp³-hybridized carbons (Fsp3) is 0.533. The maximum absolute atomic E-state index is 4.41. The van der Waals surface area contributed by atoms with Crippen molar-refractivity contribution in [3.05, 3.63) is 35.8 Å². The molecule has 0 radical (unpaired) electrons. The highest BCUT2D eigenvalue weighted by Crippen LogP contribution is 2.08. The molecule has 0 amide bonds. The van der Waals surface area contributed by atoms with Crippen LogP contribution in [0.4, 0.5) is 5.82 Å². The van der Waals surface area contributed by atoms with Gasteiger partial charge in [-0.15, -0.1) is 0 Å². The van der Waals surface area contributed by atoms with Gasteiger partial charge in [-0.3, -0.25) is 0 Å². The summed E-state index contributed by atoms with van der Waals surface area (Å²) in [5, 5.41) is 3.38. The van der Waals surface area contributed by atoms with Gasteiger partial charge in [-0.25, -0.2) is 15.0 Å². The maximum atomic E-state index is 4.41. The van der Waals surface area contributed by atoms with Gasteiger partial charge in [0.25, 0.3) is 0 Å². The first-order valence-corrected chi connectivity index (χ1v) is 7.25. The molecule has 0 spiro atoms. The van der Waals surface area contributed by atoms with Crippen LogP contribution in [-0.2, 0) is 13.0 Å². The largest absolute Gasteiger partial charge is 0.370 e. The Morgan fingerprint density at radius 1 is 1.20 bits per heavy atom. The fourth-order valence-electron chi connectivity index (χ4n) is 2.16. The molecule has 0 bridgehead atoms. The summed E-state index contributed by atoms with van der Waals surface area (Å²) < 4.78 is 2.18. The second kappa shape index (κ2) is 7.03. The summed E-state index contributed by atoms with van der Waals surface area (Å²) in [6.07, 6.45) is 7.07. The van der Waals surface area contributed by atoms with Crippen LogP contribution in [-0.4, -0.2) is 26.1 Å². The van der Waals surface area contributed by atoms with E-state index in [0.717, 1.165) is 55.5 Å². The summed E-state index contributed by atoms with van der Waals surface area (Å²) in [4.78, 5) is 13.0. The summed E-state index contributed by atoms with van der Waals surface area (Å²) in [5.74, 6) is 2.85. The lowest BCUT2D eigenvalue weighted by Crippen LogP contribution is -2.07. The number of unbranched alkanes of at least 4 members (excludes halogenated alkanes) is 1. The Kier molecular flexibility index (Phi) is 5.09. The van der Waals surface area contributed by atoms with Crippen molar-refractivity contribution in [3.63, 3.8) is 0 Å². The monoisotopic (exact) mass is 273 g/mol. The summed E-state index contributed by atoms with van der Waals surface area (Å²) in [5.41, 5.74) is 1.09. The highest BCUT2D eigenvalue weighted by atomic mass is 15.1. The van der Waals surface area contributed by atoms with Gasteiger partial charge in [-0.2, -0.15) is 0 Å². The van der Waals surface area contributed by atoms with Crippen LogP contribution in [0.2, 0.25) is 0 Å². The first-order chi connectivity index (χ1) is 9.69. The lowest BCUT2D eigenvalue weighted by Gasteiger charge is -2.08. The molecule has 0 unspecified atom stereocenters. The minimum atomic E-state index is 0.834. The highest BCUT2D eigenvalue weighted by molar-refractivity contribution is 5.35. The molecule has 0 saturated carbocycles. The van der Waals surface area contributed by atoms with E-state index in [2.05, 4.69) is 31.8 Å². The number of hydrogen-bond acceptors (Lipinski definition) is 4. The molecule has 5 heteroatoms. The average molecular weight is 273 g/mol. The molecule has 2 rings (SSSR count). The molecule has 2 aromatic rings. The quantitative estimate of drug-likeness (QED) is 0.788. The number of aromatic nitrogens is 4. The molecular formula is C15H23N5. The number of anilines is 1. The van der Waals surface area contributed by atoms with E-state index in [1.165, 1.54) is 0 Å². The van der Waals surface area contributed by atoms with Crippen molar-refractivity contribution in [2.75, 3.05) is 11.9 Å². The average Bonchev–Trinajstić information content (AvgIpc) is 2.83. The molecule has 0 aliphatic rings. The standard InChI is InChI=1S/C15H23N5/c1-4-14-11-15(19-12(2)18-14)17-7-5-6-9-20-10-8-16-13(20)3/h8,10-11H,4-7,9H2,1-3H3,(H,17,18,19). The smallest absolute Gasteiger partial charge is 0.129 e. The zero-order valence-electron chi connectivity index (χ0n) is 12.6. The SMILES string of the molecule is CCc1cc(NCCCCn2ccnc2C)nc(C)n1. The molecule has 108 valence electrons. The number of nitrogens with one attached hydrogen (secondary N) is 1. The molecule has 0 atom stereocenters. The zero-order valence-corrected chi connectivity index (χ0v) is 12.6. The molecule has 0 aliphatic carbocycles. The molecule has 20 heavy (non-hydrogen) atoms. The molecule has 2 aromatic heterocycles. The molecular weight excluding hydrogens is 250 g/mol. The van der Waals surface area contributed by atoms with E-state index in [0.29, 0.717) is 0 Å². The highest BCUT2D eigenvalue weighted by Gasteiger charge is 2.00. The summed E-state index contributed by atoms with van der Waals surface area (Å²) in [6.45, 7) is 8.04. The van der Waals surface area contributed by atoms with Gasteiger partial charge in [0.1, 0.15) is 17.5 Å². The molecule has 0 aromatic carbocycles. The van der Waals surface area contributed by atoms with Crippen LogP contribution in [0.1, 0.15) is 37.1 Å². The minimum Gasteiger partial charge on any atom is -0.370 e. The lowest BCUT2D eigenvalue weighted by molar-refractivity contribution is 0.607. The van der Waals surface area contributed by atoms with Crippen molar-refractivity contribution >= 4 is 5.82 Å². The van der Waals surface area contributed by atoms with Gasteiger partial charge in [-0.05, 0) is 33.1 Å². The topological polar surface area (TPSA) is 55.6 Å². The van der Waals surface area contributed by atoms with Crippen LogP contribution in [0.15, 0.2) is 18.5 Å². The van der Waals surface area contributed by atoms with Gasteiger partial charge in [0, 0.05) is 37.2 Å². The molecule has 1 N–H and O–H groups in total. The lowest BCUT2D eigenvalue weighted by atomic mass is 10.3. The van der Waals surface area contributed by atoms with E-state index >= 15 is 0 Å². The van der Waals surface area contributed by atoms with Gasteiger partial charge in [0.05, 0.1) is 0 Å². The summed E-state index contributed by atoms with van der Waals surface area (Å²) in [6, 6.07) is 2.03. The Balaban J connectivity index is 1.73. The normalized spacial score (nSPS) is 10.8. The minimum absolute atomic E-state index is 0.834. The predicted octanol–water partition coefficient (Wildman–Crippen LogP) is 2.74. The van der Waals surface area contributed by atoms with E-state index in [-0.39, 0.29) is 0 Å². The van der Waals surface area contributed by atoms with Gasteiger partial charge >= 0.3 is 0 Å². The summed E-state index contributed by atoms with van der Waals surface area (Å²) >= 11 is 0. The van der Waals surface area contributed by atoms with Crippen molar-refractivity contribution in [1.29, 1.82) is 0 Å². The third kappa shape index (κ3) is 4.05. The fourth-order valence-corrected chi connectivity index (χ4v) is 2.16. The van der Waals surface area contributed by atoms with Gasteiger partial charge in [0.2, 0.25) is 0 Å². The number of rotatable bonds is 7. The number of aryl methyl sites for hydroxylation is 4. The van der Waals surface area contributed by atoms with Crippen LogP contribution in [0.5, 0.6) is 0 Å². The Morgan fingerprint density at radius 3 is 2.75 bits per heavy atom. The Hall–Kier alpha value is -1.91. The first kappa shape index (κ1) is 14.5. The third-order valence-corrected chi connectivity index (χ3v) is 3.31. The van der Waals surface area contributed by atoms with E-state index in [1.807, 2.05) is 32.3 Å². The maximum Gasteiger partial charge on any atom is 0.129 e. The Labute approximate surface area is 120 Å². The van der Waals surface area contributed by atoms with Crippen LogP contribution < -0.4 is 5.32 Å². The van der Waals surface area contributed by atoms with Crippen molar-refractivity contribution in [2.24, 2.45) is 0 Å². The molecule has 2 heterocycles. The first-order valence-electron chi connectivity index (χ1n) is 7.25. The van der Waals surface area contributed by atoms with Crippen LogP contribution >= 0.6 is 0 Å². The number of nitrogens with zero attached hydrogens (tertiary/aromatic N) is 4. The third-order valence-electron chi connectivity index (χ3n) is 3.31.